The molecular formula is C51H57BN2. The normalized spacial score (nSPS) is 23.0. The number of benzene rings is 5. The summed E-state index contributed by atoms with van der Waals surface area (Å²) in [7, 11) is 0. The largest absolute Gasteiger partial charge is 0.311 e. The molecule has 2 aliphatic heterocycles. The van der Waals surface area contributed by atoms with Crippen LogP contribution in [0.3, 0.4) is 0 Å². The molecule has 2 heterocycles. The van der Waals surface area contributed by atoms with Crippen molar-refractivity contribution >= 4 is 57.2 Å². The molecule has 0 N–H and O–H groups in total. The first-order valence-electron chi connectivity index (χ1n) is 21.0. The Morgan fingerprint density at radius 2 is 1.15 bits per heavy atom. The molecule has 0 atom stereocenters. The molecule has 4 aliphatic carbocycles. The van der Waals surface area contributed by atoms with Crippen LogP contribution >= 0.6 is 0 Å². The minimum atomic E-state index is 0.101. The van der Waals surface area contributed by atoms with Crippen molar-refractivity contribution in [1.29, 1.82) is 0 Å². The van der Waals surface area contributed by atoms with Crippen LogP contribution in [0.2, 0.25) is 0 Å². The highest BCUT2D eigenvalue weighted by Crippen LogP contribution is 2.53. The topological polar surface area (TPSA) is 6.48 Å². The maximum Gasteiger partial charge on any atom is 0.252 e. The summed E-state index contributed by atoms with van der Waals surface area (Å²) >= 11 is 0. The van der Waals surface area contributed by atoms with Gasteiger partial charge in [0.05, 0.1) is 0 Å². The third-order valence-corrected chi connectivity index (χ3v) is 14.9. The standard InChI is InChI=1S/C51H57BN2/c1-33-12-20-43-41(30-33)52-42-31-36(51-25-22-34(23-26-51)24-27-51)15-21-44(42)54(38-18-19-39-40(32-38)50(7,8)29-28-49(39,5)6)46-11-9-10-45(47(46)52)53(43)37-16-13-35(14-17-37)48(2,3)4/h9-21,30-32,34H,22-29H2,1-8H3. The van der Waals surface area contributed by atoms with Crippen LogP contribution in [0.25, 0.3) is 0 Å². The van der Waals surface area contributed by atoms with Crippen LogP contribution in [-0.4, -0.2) is 6.71 Å². The average molecular weight is 709 g/mol. The van der Waals surface area contributed by atoms with Crippen molar-refractivity contribution in [3.8, 4) is 0 Å². The fraction of sp³-hybridized carbons (Fsp3) is 0.412. The van der Waals surface area contributed by atoms with E-state index in [1.54, 1.807) is 5.56 Å². The molecule has 0 unspecified atom stereocenters. The molecule has 2 bridgehead atoms. The minimum Gasteiger partial charge on any atom is -0.311 e. The van der Waals surface area contributed by atoms with Crippen molar-refractivity contribution in [2.24, 2.45) is 5.92 Å². The van der Waals surface area contributed by atoms with Gasteiger partial charge in [0, 0.05) is 34.1 Å². The molecule has 0 amide bonds. The van der Waals surface area contributed by atoms with Crippen molar-refractivity contribution in [1.82, 2.24) is 0 Å². The van der Waals surface area contributed by atoms with E-state index in [0.717, 1.165) is 5.92 Å². The smallest absolute Gasteiger partial charge is 0.252 e. The fourth-order valence-electron chi connectivity index (χ4n) is 11.5. The Labute approximate surface area is 325 Å². The Bertz CT molecular complexity index is 2300. The second kappa shape index (κ2) is 11.6. The summed E-state index contributed by atoms with van der Waals surface area (Å²) in [5.41, 5.74) is 20.1. The van der Waals surface area contributed by atoms with Crippen LogP contribution in [0.1, 0.15) is 128 Å². The number of anilines is 6. The van der Waals surface area contributed by atoms with E-state index in [4.69, 9.17) is 0 Å². The molecular weight excluding hydrogens is 651 g/mol. The van der Waals surface area contributed by atoms with E-state index in [-0.39, 0.29) is 23.0 Å². The predicted molar refractivity (Wildman–Crippen MR) is 232 cm³/mol. The van der Waals surface area contributed by atoms with E-state index in [1.807, 2.05) is 0 Å². The molecule has 274 valence electrons. The lowest BCUT2D eigenvalue weighted by Crippen LogP contribution is -2.61. The quantitative estimate of drug-likeness (QED) is 0.169. The van der Waals surface area contributed by atoms with E-state index in [2.05, 4.69) is 162 Å². The lowest BCUT2D eigenvalue weighted by Gasteiger charge is -2.48. The van der Waals surface area contributed by atoms with Crippen molar-refractivity contribution in [3.63, 3.8) is 0 Å². The van der Waals surface area contributed by atoms with Crippen LogP contribution in [0.4, 0.5) is 34.1 Å². The summed E-state index contributed by atoms with van der Waals surface area (Å²) in [6.07, 6.45) is 10.7. The summed E-state index contributed by atoms with van der Waals surface area (Å²) < 4.78 is 0. The van der Waals surface area contributed by atoms with Gasteiger partial charge in [-0.15, -0.1) is 0 Å². The van der Waals surface area contributed by atoms with Crippen LogP contribution < -0.4 is 26.2 Å². The minimum absolute atomic E-state index is 0.101. The van der Waals surface area contributed by atoms with E-state index in [0.29, 0.717) is 5.41 Å². The van der Waals surface area contributed by atoms with Crippen molar-refractivity contribution < 1.29 is 0 Å². The summed E-state index contributed by atoms with van der Waals surface area (Å²) in [6.45, 7) is 19.2. The van der Waals surface area contributed by atoms with Gasteiger partial charge >= 0.3 is 0 Å². The number of rotatable bonds is 3. The zero-order valence-electron chi connectivity index (χ0n) is 33.9. The first-order chi connectivity index (χ1) is 25.7. The molecule has 5 aromatic carbocycles. The summed E-state index contributed by atoms with van der Waals surface area (Å²) in [4.78, 5) is 5.20. The van der Waals surface area contributed by atoms with Gasteiger partial charge in [0.15, 0.2) is 0 Å². The van der Waals surface area contributed by atoms with Gasteiger partial charge in [-0.25, -0.2) is 0 Å². The van der Waals surface area contributed by atoms with Crippen molar-refractivity contribution in [2.45, 2.75) is 128 Å². The van der Waals surface area contributed by atoms with Crippen LogP contribution in [0.5, 0.6) is 0 Å². The number of hydrogen-bond acceptors (Lipinski definition) is 2. The predicted octanol–water partition coefficient (Wildman–Crippen LogP) is 11.9. The van der Waals surface area contributed by atoms with Gasteiger partial charge in [0.1, 0.15) is 0 Å². The SMILES string of the molecule is Cc1ccc2c(c1)B1c3cc(C45CCC(CC4)CC5)ccc3N(c3ccc4c(c3)C(C)(C)CCC4(C)C)c3cccc(c31)N2c1ccc(C(C)(C)C)cc1. The third-order valence-electron chi connectivity index (χ3n) is 14.9. The number of nitrogens with zero attached hydrogens (tertiary/aromatic N) is 2. The third kappa shape index (κ3) is 5.05. The lowest BCUT2D eigenvalue weighted by atomic mass is 9.33. The number of aryl methyl sites for hydroxylation is 1. The molecule has 6 aliphatic rings. The zero-order valence-corrected chi connectivity index (χ0v) is 33.9. The number of fused-ring (bicyclic) bond motifs is 8. The van der Waals surface area contributed by atoms with Crippen molar-refractivity contribution in [2.75, 3.05) is 9.80 Å². The molecule has 3 saturated carbocycles. The van der Waals surface area contributed by atoms with Crippen LogP contribution in [0, 0.1) is 12.8 Å². The fourth-order valence-corrected chi connectivity index (χ4v) is 11.5. The molecule has 0 spiro atoms. The van der Waals surface area contributed by atoms with Gasteiger partial charge in [-0.3, -0.25) is 0 Å². The van der Waals surface area contributed by atoms with Gasteiger partial charge in [-0.05, 0) is 173 Å². The average Bonchev–Trinajstić information content (AvgIpc) is 3.17. The maximum atomic E-state index is 2.70. The Kier molecular flexibility index (Phi) is 7.39. The first kappa shape index (κ1) is 34.3. The highest BCUT2D eigenvalue weighted by atomic mass is 15.2. The van der Waals surface area contributed by atoms with Gasteiger partial charge in [-0.1, -0.05) is 103 Å². The maximum absolute atomic E-state index is 2.70. The van der Waals surface area contributed by atoms with E-state index in [9.17, 15) is 0 Å². The van der Waals surface area contributed by atoms with Gasteiger partial charge in [0.25, 0.3) is 6.71 Å². The summed E-state index contributed by atoms with van der Waals surface area (Å²) in [5.74, 6) is 0.948. The second-order valence-corrected chi connectivity index (χ2v) is 20.2. The van der Waals surface area contributed by atoms with E-state index in [1.165, 1.54) is 124 Å². The van der Waals surface area contributed by atoms with E-state index >= 15 is 0 Å². The van der Waals surface area contributed by atoms with E-state index < -0.39 is 0 Å². The summed E-state index contributed by atoms with van der Waals surface area (Å²) in [5, 5.41) is 0. The van der Waals surface area contributed by atoms with Gasteiger partial charge in [0.2, 0.25) is 0 Å². The first-order valence-corrected chi connectivity index (χ1v) is 21.0. The van der Waals surface area contributed by atoms with Gasteiger partial charge in [-0.2, -0.15) is 0 Å². The summed E-state index contributed by atoms with van der Waals surface area (Å²) in [6, 6.07) is 38.9. The molecule has 3 heteroatoms. The monoisotopic (exact) mass is 708 g/mol. The molecule has 5 aromatic rings. The Morgan fingerprint density at radius 1 is 0.574 bits per heavy atom. The highest BCUT2D eigenvalue weighted by Gasteiger charge is 2.47. The second-order valence-electron chi connectivity index (χ2n) is 20.2. The molecule has 11 rings (SSSR count). The van der Waals surface area contributed by atoms with Crippen LogP contribution in [0.15, 0.2) is 97.1 Å². The molecule has 3 fully saturated rings. The lowest BCUT2D eigenvalue weighted by molar-refractivity contribution is 0.136. The Morgan fingerprint density at radius 3 is 1.80 bits per heavy atom. The van der Waals surface area contributed by atoms with Crippen molar-refractivity contribution in [3.05, 3.63) is 125 Å². The van der Waals surface area contributed by atoms with Gasteiger partial charge < -0.3 is 9.80 Å². The highest BCUT2D eigenvalue weighted by molar-refractivity contribution is 7.00. The molecule has 0 aromatic heterocycles. The number of hydrogen-bond donors (Lipinski definition) is 0. The zero-order chi connectivity index (χ0) is 37.4. The molecule has 2 nitrogen and oxygen atoms in total. The molecule has 54 heavy (non-hydrogen) atoms. The Balaban J connectivity index is 1.23. The Hall–Kier alpha value is -4.24. The molecule has 0 saturated heterocycles. The van der Waals surface area contributed by atoms with Crippen LogP contribution in [-0.2, 0) is 21.7 Å². The molecule has 0 radical (unpaired) electrons.